The number of methoxy groups -OCH3 is 1. The van der Waals surface area contributed by atoms with Crippen LogP contribution in [0.1, 0.15) is 25.3 Å². The quantitative estimate of drug-likeness (QED) is 0.413. The van der Waals surface area contributed by atoms with Crippen molar-refractivity contribution in [2.75, 3.05) is 25.6 Å². The van der Waals surface area contributed by atoms with Gasteiger partial charge in [-0.2, -0.15) is 0 Å². The van der Waals surface area contributed by atoms with Gasteiger partial charge in [-0.25, -0.2) is 0 Å². The Morgan fingerprint density at radius 1 is 1.25 bits per heavy atom. The van der Waals surface area contributed by atoms with Crippen molar-refractivity contribution in [2.24, 2.45) is 0 Å². The number of carbonyl (C=O) groups excluding carboxylic acids is 2. The van der Waals surface area contributed by atoms with Crippen LogP contribution in [0.3, 0.4) is 0 Å². The van der Waals surface area contributed by atoms with E-state index in [9.17, 15) is 14.7 Å². The Bertz CT molecular complexity index is 1040. The summed E-state index contributed by atoms with van der Waals surface area (Å²) < 4.78 is 10.9. The normalized spacial score (nSPS) is 14.7. The summed E-state index contributed by atoms with van der Waals surface area (Å²) in [7, 11) is 1.46. The van der Waals surface area contributed by atoms with Crippen molar-refractivity contribution in [1.82, 2.24) is 4.90 Å². The highest BCUT2D eigenvalue weighted by molar-refractivity contribution is 8.26. The highest BCUT2D eigenvalue weighted by Crippen LogP contribution is 2.34. The molecule has 2 aromatic rings. The first kappa shape index (κ1) is 23.6. The molecule has 0 radical (unpaired) electrons. The third-order valence-electron chi connectivity index (χ3n) is 4.61. The Balaban J connectivity index is 1.52. The van der Waals surface area contributed by atoms with Gasteiger partial charge in [0.2, 0.25) is 5.91 Å². The van der Waals surface area contributed by atoms with Gasteiger partial charge in [-0.3, -0.25) is 14.5 Å². The van der Waals surface area contributed by atoms with Crippen LogP contribution in [0.2, 0.25) is 0 Å². The predicted molar refractivity (Wildman–Crippen MR) is 130 cm³/mol. The topological polar surface area (TPSA) is 88.1 Å². The number of amides is 2. The first-order valence-corrected chi connectivity index (χ1v) is 11.3. The number of rotatable bonds is 9. The van der Waals surface area contributed by atoms with Crippen LogP contribution in [0.15, 0.2) is 47.4 Å². The fraction of sp³-hybridized carbons (Fsp3) is 0.261. The predicted octanol–water partition coefficient (Wildman–Crippen LogP) is 4.42. The van der Waals surface area contributed by atoms with Gasteiger partial charge in [0.15, 0.2) is 11.5 Å². The van der Waals surface area contributed by atoms with Crippen LogP contribution in [0.25, 0.3) is 6.08 Å². The van der Waals surface area contributed by atoms with E-state index in [0.717, 1.165) is 11.3 Å². The van der Waals surface area contributed by atoms with E-state index in [1.54, 1.807) is 42.5 Å². The minimum atomic E-state index is -0.195. The molecule has 9 heteroatoms. The van der Waals surface area contributed by atoms with Gasteiger partial charge in [0.25, 0.3) is 5.91 Å². The minimum absolute atomic E-state index is 0.0284. The summed E-state index contributed by atoms with van der Waals surface area (Å²) in [6, 6.07) is 12.0. The van der Waals surface area contributed by atoms with E-state index in [1.165, 1.54) is 29.8 Å². The molecule has 0 unspecified atom stereocenters. The van der Waals surface area contributed by atoms with Crippen molar-refractivity contribution in [3.63, 3.8) is 0 Å². The number of anilines is 1. The van der Waals surface area contributed by atoms with Crippen molar-refractivity contribution in [2.45, 2.75) is 19.8 Å². The number of thioether (sulfide) groups is 1. The van der Waals surface area contributed by atoms with Crippen LogP contribution in [-0.2, 0) is 9.59 Å². The Labute approximate surface area is 196 Å². The summed E-state index contributed by atoms with van der Waals surface area (Å²) in [5.74, 6) is 0.775. The van der Waals surface area contributed by atoms with Gasteiger partial charge in [0, 0.05) is 18.7 Å². The fourth-order valence-corrected chi connectivity index (χ4v) is 4.36. The molecule has 1 heterocycles. The smallest absolute Gasteiger partial charge is 0.266 e. The molecule has 3 rings (SSSR count). The van der Waals surface area contributed by atoms with Crippen LogP contribution in [0, 0.1) is 0 Å². The molecule has 168 valence electrons. The number of thiocarbonyl (C=S) groups is 1. The molecule has 0 bridgehead atoms. The lowest BCUT2D eigenvalue weighted by Gasteiger charge is -2.14. The number of nitrogens with zero attached hydrogens (tertiary/aromatic N) is 1. The van der Waals surface area contributed by atoms with Crippen molar-refractivity contribution in [3.8, 4) is 17.2 Å². The molecule has 0 atom stereocenters. The van der Waals surface area contributed by atoms with Gasteiger partial charge in [-0.1, -0.05) is 30.0 Å². The molecule has 1 aliphatic heterocycles. The van der Waals surface area contributed by atoms with Gasteiger partial charge >= 0.3 is 0 Å². The molecular weight excluding hydrogens is 448 g/mol. The van der Waals surface area contributed by atoms with Crippen molar-refractivity contribution >= 4 is 51.9 Å². The van der Waals surface area contributed by atoms with E-state index in [0.29, 0.717) is 40.2 Å². The van der Waals surface area contributed by atoms with Crippen LogP contribution >= 0.6 is 24.0 Å². The van der Waals surface area contributed by atoms with E-state index >= 15 is 0 Å². The molecule has 7 nitrogen and oxygen atoms in total. The van der Waals surface area contributed by atoms with E-state index in [4.69, 9.17) is 21.7 Å². The maximum atomic E-state index is 12.7. The van der Waals surface area contributed by atoms with Gasteiger partial charge in [-0.15, -0.1) is 0 Å². The summed E-state index contributed by atoms with van der Waals surface area (Å²) in [5.41, 5.74) is 1.41. The molecule has 32 heavy (non-hydrogen) atoms. The molecule has 1 aliphatic rings. The molecular formula is C23H24N2O5S2. The monoisotopic (exact) mass is 472 g/mol. The number of benzene rings is 2. The second-order valence-electron chi connectivity index (χ2n) is 6.87. The number of nitrogens with one attached hydrogen (secondary N) is 1. The Kier molecular flexibility index (Phi) is 8.13. The second-order valence-corrected chi connectivity index (χ2v) is 8.55. The number of carbonyl (C=O) groups is 2. The standard InChI is InChI=1S/C23H24N2O5S2/c1-3-30-17-9-7-16(8-10-17)24-21(27)5-4-12-25-22(28)20(32-23(25)31)14-15-6-11-18(26)19(13-15)29-2/h6-11,13-14,26H,3-5,12H2,1-2H3,(H,24,27)/b20-14-. The second kappa shape index (κ2) is 11.0. The largest absolute Gasteiger partial charge is 0.504 e. The van der Waals surface area contributed by atoms with Crippen molar-refractivity contribution < 1.29 is 24.2 Å². The number of aromatic hydroxyl groups is 1. The van der Waals surface area contributed by atoms with Crippen LogP contribution in [-0.4, -0.2) is 46.4 Å². The number of phenolic OH excluding ortho intramolecular Hbond substituents is 1. The van der Waals surface area contributed by atoms with Gasteiger partial charge in [0.05, 0.1) is 18.6 Å². The van der Waals surface area contributed by atoms with Gasteiger partial charge < -0.3 is 19.9 Å². The molecule has 2 aromatic carbocycles. The van der Waals surface area contributed by atoms with Gasteiger partial charge in [0.1, 0.15) is 10.1 Å². The number of hydrogen-bond acceptors (Lipinski definition) is 7. The average molecular weight is 473 g/mol. The highest BCUT2D eigenvalue weighted by Gasteiger charge is 2.31. The summed E-state index contributed by atoms with van der Waals surface area (Å²) in [5, 5.41) is 12.6. The fourth-order valence-electron chi connectivity index (χ4n) is 3.05. The van der Waals surface area contributed by atoms with Crippen LogP contribution in [0.4, 0.5) is 5.69 Å². The van der Waals surface area contributed by atoms with Gasteiger partial charge in [-0.05, 0) is 61.4 Å². The summed E-state index contributed by atoms with van der Waals surface area (Å²) >= 11 is 6.56. The maximum Gasteiger partial charge on any atom is 0.266 e. The summed E-state index contributed by atoms with van der Waals surface area (Å²) in [4.78, 5) is 27.0. The van der Waals surface area contributed by atoms with Crippen molar-refractivity contribution in [3.05, 3.63) is 52.9 Å². The first-order valence-electron chi connectivity index (χ1n) is 10.1. The van der Waals surface area contributed by atoms with E-state index in [-0.39, 0.29) is 24.0 Å². The molecule has 1 fully saturated rings. The number of ether oxygens (including phenoxy) is 2. The Morgan fingerprint density at radius 2 is 2.00 bits per heavy atom. The zero-order valence-electron chi connectivity index (χ0n) is 17.8. The summed E-state index contributed by atoms with van der Waals surface area (Å²) in [6.45, 7) is 2.85. The third kappa shape index (κ3) is 6.02. The molecule has 2 amide bonds. The molecule has 0 saturated carbocycles. The lowest BCUT2D eigenvalue weighted by atomic mass is 10.2. The van der Waals surface area contributed by atoms with Crippen LogP contribution in [0.5, 0.6) is 17.2 Å². The molecule has 1 saturated heterocycles. The Hall–Kier alpha value is -3.04. The maximum absolute atomic E-state index is 12.7. The third-order valence-corrected chi connectivity index (χ3v) is 5.99. The number of phenols is 1. The minimum Gasteiger partial charge on any atom is -0.504 e. The van der Waals surface area contributed by atoms with E-state index in [1.807, 2.05) is 6.92 Å². The SMILES string of the molecule is CCOc1ccc(NC(=O)CCCN2C(=O)/C(=C/c3ccc(O)c(OC)c3)SC2=S)cc1. The highest BCUT2D eigenvalue weighted by atomic mass is 32.2. The van der Waals surface area contributed by atoms with E-state index in [2.05, 4.69) is 5.32 Å². The lowest BCUT2D eigenvalue weighted by molar-refractivity contribution is -0.122. The molecule has 2 N–H and O–H groups in total. The number of hydrogen-bond donors (Lipinski definition) is 2. The molecule has 0 spiro atoms. The average Bonchev–Trinajstić information content (AvgIpc) is 3.04. The Morgan fingerprint density at radius 3 is 2.69 bits per heavy atom. The first-order chi connectivity index (χ1) is 15.4. The zero-order chi connectivity index (χ0) is 23.1. The molecule has 0 aliphatic carbocycles. The van der Waals surface area contributed by atoms with E-state index < -0.39 is 0 Å². The summed E-state index contributed by atoms with van der Waals surface area (Å²) in [6.07, 6.45) is 2.45. The lowest BCUT2D eigenvalue weighted by Crippen LogP contribution is -2.29. The van der Waals surface area contributed by atoms with Crippen molar-refractivity contribution in [1.29, 1.82) is 0 Å². The van der Waals surface area contributed by atoms with Crippen LogP contribution < -0.4 is 14.8 Å². The molecule has 0 aromatic heterocycles. The zero-order valence-corrected chi connectivity index (χ0v) is 19.4.